The number of rotatable bonds is 9. The summed E-state index contributed by atoms with van der Waals surface area (Å²) in [5.41, 5.74) is 5.48. The molecule has 0 heterocycles. The molecule has 180 valence electrons. The lowest BCUT2D eigenvalue weighted by Gasteiger charge is -2.17. The standard InChI is InChI=1S/C28H28N2O5/c1-18(16-26(31)29-15-14-19-8-2-3-9-20(19)27(32)33)30-28(34)35-17-25-23-12-6-4-10-21(23)22-11-5-7-13-24(22)25/h2-13,18,25H,14-17H2,1H3,(H,29,31)(H,30,34)(H,32,33). The van der Waals surface area contributed by atoms with Crippen molar-refractivity contribution in [3.63, 3.8) is 0 Å². The van der Waals surface area contributed by atoms with E-state index >= 15 is 0 Å². The molecule has 2 amide bonds. The van der Waals surface area contributed by atoms with Gasteiger partial charge in [-0.25, -0.2) is 9.59 Å². The number of carboxylic acids is 1. The molecule has 35 heavy (non-hydrogen) atoms. The molecule has 7 heteroatoms. The van der Waals surface area contributed by atoms with E-state index < -0.39 is 18.1 Å². The summed E-state index contributed by atoms with van der Waals surface area (Å²) in [5.74, 6) is -1.25. The van der Waals surface area contributed by atoms with Gasteiger partial charge >= 0.3 is 12.1 Å². The molecular formula is C28H28N2O5. The van der Waals surface area contributed by atoms with E-state index in [0.29, 0.717) is 18.5 Å². The molecule has 1 aliphatic carbocycles. The Morgan fingerprint density at radius 2 is 1.51 bits per heavy atom. The second-order valence-electron chi connectivity index (χ2n) is 8.64. The Morgan fingerprint density at radius 1 is 0.914 bits per heavy atom. The minimum atomic E-state index is -0.993. The number of benzene rings is 3. The Bertz CT molecular complexity index is 1190. The molecule has 0 saturated carbocycles. The Balaban J connectivity index is 1.23. The van der Waals surface area contributed by atoms with Gasteiger partial charge in [0.1, 0.15) is 6.61 Å². The fraction of sp³-hybridized carbons (Fsp3) is 0.250. The molecule has 1 aliphatic rings. The quantitative estimate of drug-likeness (QED) is 0.429. The van der Waals surface area contributed by atoms with Crippen molar-refractivity contribution >= 4 is 18.0 Å². The predicted molar refractivity (Wildman–Crippen MR) is 132 cm³/mol. The molecule has 1 unspecified atom stereocenters. The van der Waals surface area contributed by atoms with Gasteiger partial charge in [-0.1, -0.05) is 66.7 Å². The van der Waals surface area contributed by atoms with Gasteiger partial charge in [-0.2, -0.15) is 0 Å². The summed E-state index contributed by atoms with van der Waals surface area (Å²) in [6.07, 6.45) is -0.0739. The number of carboxylic acid groups (broad SMARTS) is 1. The topological polar surface area (TPSA) is 105 Å². The molecule has 0 radical (unpaired) electrons. The predicted octanol–water partition coefficient (Wildman–Crippen LogP) is 4.36. The number of carbonyl (C=O) groups is 3. The Labute approximate surface area is 204 Å². The zero-order valence-electron chi connectivity index (χ0n) is 19.5. The van der Waals surface area contributed by atoms with Crippen molar-refractivity contribution in [1.82, 2.24) is 10.6 Å². The normalized spacial score (nSPS) is 12.8. The summed E-state index contributed by atoms with van der Waals surface area (Å²) in [4.78, 5) is 35.9. The van der Waals surface area contributed by atoms with Crippen LogP contribution in [0.4, 0.5) is 4.79 Å². The number of amides is 2. The second-order valence-corrected chi connectivity index (χ2v) is 8.64. The molecule has 3 aromatic rings. The van der Waals surface area contributed by atoms with Gasteiger partial charge in [-0.15, -0.1) is 0 Å². The Morgan fingerprint density at radius 3 is 2.17 bits per heavy atom. The number of alkyl carbamates (subject to hydrolysis) is 1. The van der Waals surface area contributed by atoms with Crippen LogP contribution >= 0.6 is 0 Å². The van der Waals surface area contributed by atoms with E-state index in [1.165, 1.54) is 0 Å². The molecule has 0 bridgehead atoms. The van der Waals surface area contributed by atoms with Gasteiger partial charge in [0.05, 0.1) is 5.56 Å². The van der Waals surface area contributed by atoms with Crippen LogP contribution in [0.1, 0.15) is 46.3 Å². The average molecular weight is 473 g/mol. The number of hydrogen-bond acceptors (Lipinski definition) is 4. The van der Waals surface area contributed by atoms with Gasteiger partial charge in [-0.05, 0) is 47.2 Å². The van der Waals surface area contributed by atoms with Crippen molar-refractivity contribution in [1.29, 1.82) is 0 Å². The summed E-state index contributed by atoms with van der Waals surface area (Å²) in [7, 11) is 0. The van der Waals surface area contributed by atoms with Crippen LogP contribution in [-0.4, -0.2) is 42.3 Å². The monoisotopic (exact) mass is 472 g/mol. The van der Waals surface area contributed by atoms with Gasteiger partial charge in [0.15, 0.2) is 0 Å². The number of aromatic carboxylic acids is 1. The highest BCUT2D eigenvalue weighted by molar-refractivity contribution is 5.89. The van der Waals surface area contributed by atoms with E-state index in [1.807, 2.05) is 24.3 Å². The van der Waals surface area contributed by atoms with E-state index in [9.17, 15) is 19.5 Å². The minimum absolute atomic E-state index is 0.0274. The van der Waals surface area contributed by atoms with Crippen molar-refractivity contribution in [2.24, 2.45) is 0 Å². The molecule has 4 rings (SSSR count). The molecule has 1 atom stereocenters. The molecule has 0 aromatic heterocycles. The van der Waals surface area contributed by atoms with Crippen molar-refractivity contribution in [2.75, 3.05) is 13.2 Å². The van der Waals surface area contributed by atoms with Crippen molar-refractivity contribution in [2.45, 2.75) is 31.7 Å². The average Bonchev–Trinajstić information content (AvgIpc) is 3.16. The summed E-state index contributed by atoms with van der Waals surface area (Å²) >= 11 is 0. The van der Waals surface area contributed by atoms with Crippen LogP contribution in [-0.2, 0) is 16.0 Å². The van der Waals surface area contributed by atoms with Crippen LogP contribution < -0.4 is 10.6 Å². The van der Waals surface area contributed by atoms with E-state index in [1.54, 1.807) is 31.2 Å². The smallest absolute Gasteiger partial charge is 0.407 e. The maximum atomic E-state index is 12.4. The van der Waals surface area contributed by atoms with Crippen molar-refractivity contribution in [3.05, 3.63) is 95.1 Å². The van der Waals surface area contributed by atoms with Crippen LogP contribution in [0.25, 0.3) is 11.1 Å². The van der Waals surface area contributed by atoms with Gasteiger partial charge in [0.2, 0.25) is 5.91 Å². The molecule has 0 saturated heterocycles. The minimum Gasteiger partial charge on any atom is -0.478 e. The van der Waals surface area contributed by atoms with Crippen LogP contribution in [0, 0.1) is 0 Å². The maximum Gasteiger partial charge on any atom is 0.407 e. The van der Waals surface area contributed by atoms with E-state index in [0.717, 1.165) is 22.3 Å². The SMILES string of the molecule is CC(CC(=O)NCCc1ccccc1C(=O)O)NC(=O)OCC1c2ccccc2-c2ccccc21. The van der Waals surface area contributed by atoms with Crippen LogP contribution in [0.2, 0.25) is 0 Å². The highest BCUT2D eigenvalue weighted by atomic mass is 16.5. The summed E-state index contributed by atoms with van der Waals surface area (Å²) < 4.78 is 5.53. The van der Waals surface area contributed by atoms with Gasteiger partial charge < -0.3 is 20.5 Å². The molecule has 0 spiro atoms. The van der Waals surface area contributed by atoms with Gasteiger partial charge in [-0.3, -0.25) is 4.79 Å². The molecule has 3 aromatic carbocycles. The van der Waals surface area contributed by atoms with Crippen LogP contribution in [0.5, 0.6) is 0 Å². The lowest BCUT2D eigenvalue weighted by molar-refractivity contribution is -0.121. The summed E-state index contributed by atoms with van der Waals surface area (Å²) in [6, 6.07) is 22.5. The number of fused-ring (bicyclic) bond motifs is 3. The van der Waals surface area contributed by atoms with E-state index in [-0.39, 0.29) is 30.4 Å². The lowest BCUT2D eigenvalue weighted by atomic mass is 9.98. The van der Waals surface area contributed by atoms with Crippen molar-refractivity contribution < 1.29 is 24.2 Å². The molecule has 7 nitrogen and oxygen atoms in total. The fourth-order valence-electron chi connectivity index (χ4n) is 4.53. The van der Waals surface area contributed by atoms with E-state index in [4.69, 9.17) is 4.74 Å². The number of hydrogen-bond donors (Lipinski definition) is 3. The van der Waals surface area contributed by atoms with E-state index in [2.05, 4.69) is 34.9 Å². The second kappa shape index (κ2) is 10.9. The highest BCUT2D eigenvalue weighted by Crippen LogP contribution is 2.44. The zero-order chi connectivity index (χ0) is 24.8. The molecule has 0 aliphatic heterocycles. The third kappa shape index (κ3) is 5.69. The first-order valence-electron chi connectivity index (χ1n) is 11.6. The third-order valence-corrected chi connectivity index (χ3v) is 6.16. The molecule has 3 N–H and O–H groups in total. The van der Waals surface area contributed by atoms with Crippen LogP contribution in [0.15, 0.2) is 72.8 Å². The van der Waals surface area contributed by atoms with Crippen molar-refractivity contribution in [3.8, 4) is 11.1 Å². The first-order valence-corrected chi connectivity index (χ1v) is 11.6. The first-order chi connectivity index (χ1) is 16.9. The zero-order valence-corrected chi connectivity index (χ0v) is 19.5. The largest absolute Gasteiger partial charge is 0.478 e. The highest BCUT2D eigenvalue weighted by Gasteiger charge is 2.29. The first kappa shape index (κ1) is 24.0. The summed E-state index contributed by atoms with van der Waals surface area (Å²) in [5, 5.41) is 14.7. The number of nitrogens with one attached hydrogen (secondary N) is 2. The maximum absolute atomic E-state index is 12.4. The van der Waals surface area contributed by atoms with Gasteiger partial charge in [0.25, 0.3) is 0 Å². The lowest BCUT2D eigenvalue weighted by Crippen LogP contribution is -2.38. The van der Waals surface area contributed by atoms with Crippen LogP contribution in [0.3, 0.4) is 0 Å². The number of ether oxygens (including phenoxy) is 1. The Hall–Kier alpha value is -4.13. The third-order valence-electron chi connectivity index (χ3n) is 6.16. The molecule has 0 fully saturated rings. The number of carbonyl (C=O) groups excluding carboxylic acids is 2. The molecular weight excluding hydrogens is 444 g/mol. The summed E-state index contributed by atoms with van der Waals surface area (Å²) in [6.45, 7) is 2.25. The van der Waals surface area contributed by atoms with Gasteiger partial charge in [0, 0.05) is 24.9 Å². The Kier molecular flexibility index (Phi) is 7.45. The fourth-order valence-corrected chi connectivity index (χ4v) is 4.53.